The van der Waals surface area contributed by atoms with Gasteiger partial charge in [0, 0.05) is 33.9 Å². The van der Waals surface area contributed by atoms with Gasteiger partial charge in [-0.05, 0) is 12.8 Å². The molecule has 23 heavy (non-hydrogen) atoms. The zero-order valence-corrected chi connectivity index (χ0v) is 15.5. The van der Waals surface area contributed by atoms with Gasteiger partial charge in [0.1, 0.15) is 6.10 Å². The average molecular weight is 332 g/mol. The fraction of sp³-hybridized carbons (Fsp3) is 1.00. The number of rotatable bonds is 16. The predicted octanol–water partition coefficient (Wildman–Crippen LogP) is 3.75. The standard InChI is InChI=1S/C18H36O5/c1-5-6-7-8-9-10-11-16(18(19-2,20-3)21-4)12-13-22-14-17-15-23-17/h16-17H,5-15H2,1-4H3/t16-,17?/m1/s1. The third kappa shape index (κ3) is 7.94. The van der Waals surface area contributed by atoms with E-state index in [0.717, 1.165) is 25.9 Å². The van der Waals surface area contributed by atoms with E-state index in [-0.39, 0.29) is 5.92 Å². The van der Waals surface area contributed by atoms with Crippen molar-refractivity contribution >= 4 is 0 Å². The molecule has 0 radical (unpaired) electrons. The first-order valence-corrected chi connectivity index (χ1v) is 9.07. The van der Waals surface area contributed by atoms with Crippen LogP contribution in [0.25, 0.3) is 0 Å². The van der Waals surface area contributed by atoms with Gasteiger partial charge in [0.05, 0.1) is 13.2 Å². The summed E-state index contributed by atoms with van der Waals surface area (Å²) in [5.41, 5.74) is 0. The number of ether oxygens (including phenoxy) is 5. The van der Waals surface area contributed by atoms with Crippen LogP contribution in [0.15, 0.2) is 0 Å². The van der Waals surface area contributed by atoms with Crippen LogP contribution in [0.5, 0.6) is 0 Å². The van der Waals surface area contributed by atoms with Gasteiger partial charge in [0.25, 0.3) is 5.97 Å². The second-order valence-electron chi connectivity index (χ2n) is 6.29. The number of methoxy groups -OCH3 is 3. The minimum Gasteiger partial charge on any atom is -0.379 e. The minimum absolute atomic E-state index is 0.161. The van der Waals surface area contributed by atoms with Crippen LogP contribution >= 0.6 is 0 Å². The summed E-state index contributed by atoms with van der Waals surface area (Å²) in [6.07, 6.45) is 9.85. The molecule has 0 amide bonds. The monoisotopic (exact) mass is 332 g/mol. The van der Waals surface area contributed by atoms with E-state index in [9.17, 15) is 0 Å². The van der Waals surface area contributed by atoms with Gasteiger partial charge < -0.3 is 23.7 Å². The van der Waals surface area contributed by atoms with Crippen LogP contribution in [-0.2, 0) is 23.7 Å². The van der Waals surface area contributed by atoms with Crippen molar-refractivity contribution in [3.8, 4) is 0 Å². The summed E-state index contributed by atoms with van der Waals surface area (Å²) < 4.78 is 27.5. The highest BCUT2D eigenvalue weighted by Gasteiger charge is 2.39. The second kappa shape index (κ2) is 12.2. The molecule has 0 bridgehead atoms. The van der Waals surface area contributed by atoms with Crippen molar-refractivity contribution in [3.05, 3.63) is 0 Å². The Hall–Kier alpha value is -0.200. The SMILES string of the molecule is CCCCCCCC[C@H](CCOCC1CO1)C(OC)(OC)OC. The van der Waals surface area contributed by atoms with E-state index in [4.69, 9.17) is 23.7 Å². The molecule has 0 saturated carbocycles. The third-order valence-electron chi connectivity index (χ3n) is 4.58. The van der Waals surface area contributed by atoms with Crippen LogP contribution in [-0.4, -0.2) is 53.2 Å². The Kier molecular flexibility index (Phi) is 11.1. The molecule has 1 unspecified atom stereocenters. The molecule has 5 heteroatoms. The lowest BCUT2D eigenvalue weighted by molar-refractivity contribution is -0.381. The van der Waals surface area contributed by atoms with Crippen LogP contribution in [0.1, 0.15) is 58.3 Å². The zero-order chi connectivity index (χ0) is 17.0. The van der Waals surface area contributed by atoms with Gasteiger partial charge in [-0.3, -0.25) is 0 Å². The highest BCUT2D eigenvalue weighted by atomic mass is 16.9. The van der Waals surface area contributed by atoms with Gasteiger partial charge in [-0.15, -0.1) is 0 Å². The van der Waals surface area contributed by atoms with Crippen molar-refractivity contribution in [1.29, 1.82) is 0 Å². The van der Waals surface area contributed by atoms with Crippen molar-refractivity contribution < 1.29 is 23.7 Å². The van der Waals surface area contributed by atoms with Crippen LogP contribution in [0.4, 0.5) is 0 Å². The maximum Gasteiger partial charge on any atom is 0.285 e. The molecule has 5 nitrogen and oxygen atoms in total. The Balaban J connectivity index is 2.35. The summed E-state index contributed by atoms with van der Waals surface area (Å²) in [6, 6.07) is 0. The third-order valence-corrected chi connectivity index (χ3v) is 4.58. The molecule has 1 aliphatic rings. The summed E-state index contributed by atoms with van der Waals surface area (Å²) in [6.45, 7) is 4.44. The molecule has 1 saturated heterocycles. The maximum atomic E-state index is 5.68. The van der Waals surface area contributed by atoms with Crippen molar-refractivity contribution in [3.63, 3.8) is 0 Å². The van der Waals surface area contributed by atoms with E-state index in [2.05, 4.69) is 6.92 Å². The van der Waals surface area contributed by atoms with Crippen LogP contribution in [0, 0.1) is 5.92 Å². The molecule has 0 spiro atoms. The Morgan fingerprint density at radius 3 is 2.13 bits per heavy atom. The molecular formula is C18H36O5. The lowest BCUT2D eigenvalue weighted by Crippen LogP contribution is -2.44. The molecule has 1 rings (SSSR count). The molecule has 2 atom stereocenters. The molecule has 0 aromatic carbocycles. The first-order valence-electron chi connectivity index (χ1n) is 9.07. The van der Waals surface area contributed by atoms with E-state index >= 15 is 0 Å². The molecule has 0 aliphatic carbocycles. The van der Waals surface area contributed by atoms with Crippen LogP contribution < -0.4 is 0 Å². The van der Waals surface area contributed by atoms with Crippen molar-refractivity contribution in [1.82, 2.24) is 0 Å². The van der Waals surface area contributed by atoms with Gasteiger partial charge in [0.2, 0.25) is 0 Å². The average Bonchev–Trinajstić information content (AvgIpc) is 3.40. The van der Waals surface area contributed by atoms with E-state index in [0.29, 0.717) is 19.3 Å². The normalized spacial score (nSPS) is 19.0. The Morgan fingerprint density at radius 2 is 1.57 bits per heavy atom. The smallest absolute Gasteiger partial charge is 0.285 e. The molecule has 0 aromatic heterocycles. The summed E-state index contributed by atoms with van der Waals surface area (Å²) in [4.78, 5) is 0. The molecule has 1 fully saturated rings. The van der Waals surface area contributed by atoms with E-state index in [1.807, 2.05) is 0 Å². The zero-order valence-electron chi connectivity index (χ0n) is 15.5. The molecule has 0 N–H and O–H groups in total. The number of hydrogen-bond acceptors (Lipinski definition) is 5. The van der Waals surface area contributed by atoms with Crippen molar-refractivity contribution in [2.45, 2.75) is 70.4 Å². The first-order chi connectivity index (χ1) is 11.2. The topological polar surface area (TPSA) is 49.5 Å². The number of hydrogen-bond donors (Lipinski definition) is 0. The minimum atomic E-state index is -0.969. The van der Waals surface area contributed by atoms with E-state index < -0.39 is 5.97 Å². The van der Waals surface area contributed by atoms with Gasteiger partial charge in [0.15, 0.2) is 0 Å². The lowest BCUT2D eigenvalue weighted by Gasteiger charge is -2.36. The summed E-state index contributed by atoms with van der Waals surface area (Å²) in [7, 11) is 4.92. The molecule has 1 heterocycles. The van der Waals surface area contributed by atoms with Crippen molar-refractivity contribution in [2.75, 3.05) is 41.2 Å². The Labute approximate surface area is 142 Å². The number of epoxide rings is 1. The molecular weight excluding hydrogens is 296 g/mol. The second-order valence-corrected chi connectivity index (χ2v) is 6.29. The fourth-order valence-electron chi connectivity index (χ4n) is 3.02. The van der Waals surface area contributed by atoms with Gasteiger partial charge >= 0.3 is 0 Å². The Bertz CT molecular complexity index is 268. The fourth-order valence-corrected chi connectivity index (χ4v) is 3.02. The summed E-state index contributed by atoms with van der Waals surface area (Å²) >= 11 is 0. The van der Waals surface area contributed by atoms with Crippen LogP contribution in [0.2, 0.25) is 0 Å². The van der Waals surface area contributed by atoms with E-state index in [1.54, 1.807) is 21.3 Å². The molecule has 0 aromatic rings. The highest BCUT2D eigenvalue weighted by Crippen LogP contribution is 2.31. The van der Waals surface area contributed by atoms with Gasteiger partial charge in [-0.2, -0.15) is 0 Å². The summed E-state index contributed by atoms with van der Waals surface area (Å²) in [5, 5.41) is 0. The maximum absolute atomic E-state index is 5.68. The lowest BCUT2D eigenvalue weighted by atomic mass is 9.94. The quantitative estimate of drug-likeness (QED) is 0.245. The van der Waals surface area contributed by atoms with Crippen molar-refractivity contribution in [2.24, 2.45) is 5.92 Å². The summed E-state index contributed by atoms with van der Waals surface area (Å²) in [5.74, 6) is -0.808. The van der Waals surface area contributed by atoms with E-state index in [1.165, 1.54) is 32.1 Å². The largest absolute Gasteiger partial charge is 0.379 e. The van der Waals surface area contributed by atoms with Gasteiger partial charge in [-0.1, -0.05) is 45.4 Å². The highest BCUT2D eigenvalue weighted by molar-refractivity contribution is 4.72. The molecule has 1 aliphatic heterocycles. The Morgan fingerprint density at radius 1 is 0.957 bits per heavy atom. The van der Waals surface area contributed by atoms with Crippen LogP contribution in [0.3, 0.4) is 0 Å². The number of unbranched alkanes of at least 4 members (excludes halogenated alkanes) is 5. The molecule has 138 valence electrons. The first kappa shape index (κ1) is 20.8. The van der Waals surface area contributed by atoms with Gasteiger partial charge in [-0.25, -0.2) is 0 Å². The predicted molar refractivity (Wildman–Crippen MR) is 90.4 cm³/mol.